The summed E-state index contributed by atoms with van der Waals surface area (Å²) < 4.78 is 11.0. The van der Waals surface area contributed by atoms with Crippen molar-refractivity contribution in [3.8, 4) is 5.75 Å². The van der Waals surface area contributed by atoms with E-state index >= 15 is 0 Å². The third-order valence-electron chi connectivity index (χ3n) is 3.94. The van der Waals surface area contributed by atoms with Gasteiger partial charge in [0.25, 0.3) is 0 Å². The van der Waals surface area contributed by atoms with E-state index in [1.807, 2.05) is 25.1 Å². The minimum absolute atomic E-state index is 0.0917. The van der Waals surface area contributed by atoms with Crippen LogP contribution < -0.4 is 15.0 Å². The predicted molar refractivity (Wildman–Crippen MR) is 90.3 cm³/mol. The quantitative estimate of drug-likeness (QED) is 0.689. The van der Waals surface area contributed by atoms with Gasteiger partial charge in [-0.25, -0.2) is 0 Å². The fourth-order valence-corrected chi connectivity index (χ4v) is 2.79. The van der Waals surface area contributed by atoms with E-state index in [9.17, 15) is 4.79 Å². The highest BCUT2D eigenvalue weighted by Gasteiger charge is 2.13. The summed E-state index contributed by atoms with van der Waals surface area (Å²) in [5.41, 5.74) is 1.01. The van der Waals surface area contributed by atoms with Crippen molar-refractivity contribution < 1.29 is 19.2 Å². The molecule has 1 aliphatic heterocycles. The Kier molecular flexibility index (Phi) is 7.65. The van der Waals surface area contributed by atoms with Gasteiger partial charge in [0.2, 0.25) is 5.91 Å². The van der Waals surface area contributed by atoms with E-state index < -0.39 is 0 Å². The standard InChI is InChI=1S/C17H25ClN2O3/c1-14-13-15(18)4-5-16(14)23-10-2-3-17(21)19-6-7-20-8-11-22-12-9-20/h4-5,13H,2-3,6-12H2,1H3,(H,19,21)/p+1. The van der Waals surface area contributed by atoms with Gasteiger partial charge in [-0.1, -0.05) is 11.6 Å². The number of benzene rings is 1. The van der Waals surface area contributed by atoms with E-state index in [0.717, 1.165) is 50.7 Å². The van der Waals surface area contributed by atoms with E-state index in [0.29, 0.717) is 24.5 Å². The first kappa shape index (κ1) is 18.0. The summed E-state index contributed by atoms with van der Waals surface area (Å²) in [5, 5.41) is 3.68. The Morgan fingerprint density at radius 3 is 2.91 bits per heavy atom. The molecule has 1 fully saturated rings. The van der Waals surface area contributed by atoms with Gasteiger partial charge in [-0.2, -0.15) is 0 Å². The van der Waals surface area contributed by atoms with Crippen molar-refractivity contribution in [3.63, 3.8) is 0 Å². The summed E-state index contributed by atoms with van der Waals surface area (Å²) >= 11 is 5.91. The van der Waals surface area contributed by atoms with Gasteiger partial charge in [0, 0.05) is 11.4 Å². The first-order chi connectivity index (χ1) is 11.1. The largest absolute Gasteiger partial charge is 0.493 e. The molecule has 0 atom stereocenters. The van der Waals surface area contributed by atoms with Crippen LogP contribution >= 0.6 is 11.6 Å². The van der Waals surface area contributed by atoms with Crippen LogP contribution in [0.4, 0.5) is 0 Å². The molecule has 1 heterocycles. The second kappa shape index (κ2) is 9.75. The van der Waals surface area contributed by atoms with Crippen molar-refractivity contribution in [2.45, 2.75) is 19.8 Å². The number of halogens is 1. The smallest absolute Gasteiger partial charge is 0.220 e. The highest BCUT2D eigenvalue weighted by atomic mass is 35.5. The van der Waals surface area contributed by atoms with Crippen molar-refractivity contribution in [2.75, 3.05) is 46.0 Å². The van der Waals surface area contributed by atoms with Gasteiger partial charge in [0.05, 0.1) is 32.9 Å². The second-order valence-corrected chi connectivity index (χ2v) is 6.26. The Hall–Kier alpha value is -1.30. The Morgan fingerprint density at radius 2 is 2.17 bits per heavy atom. The predicted octanol–water partition coefficient (Wildman–Crippen LogP) is 0.839. The summed E-state index contributed by atoms with van der Waals surface area (Å²) in [6.45, 7) is 7.90. The van der Waals surface area contributed by atoms with Crippen LogP contribution in [-0.2, 0) is 9.53 Å². The van der Waals surface area contributed by atoms with Gasteiger partial charge in [0.15, 0.2) is 0 Å². The molecule has 23 heavy (non-hydrogen) atoms. The topological polar surface area (TPSA) is 52.0 Å². The van der Waals surface area contributed by atoms with E-state index in [4.69, 9.17) is 21.1 Å². The highest BCUT2D eigenvalue weighted by Crippen LogP contribution is 2.21. The van der Waals surface area contributed by atoms with Gasteiger partial charge < -0.3 is 19.7 Å². The van der Waals surface area contributed by atoms with E-state index in [-0.39, 0.29) is 5.91 Å². The molecule has 0 spiro atoms. The molecule has 1 aromatic carbocycles. The monoisotopic (exact) mass is 341 g/mol. The number of morpholine rings is 1. The van der Waals surface area contributed by atoms with Gasteiger partial charge >= 0.3 is 0 Å². The lowest BCUT2D eigenvalue weighted by atomic mass is 10.2. The molecule has 0 radical (unpaired) electrons. The normalized spacial score (nSPS) is 15.4. The third-order valence-corrected chi connectivity index (χ3v) is 4.18. The summed E-state index contributed by atoms with van der Waals surface area (Å²) in [5.74, 6) is 0.916. The molecule has 0 unspecified atom stereocenters. The van der Waals surface area contributed by atoms with Crippen LogP contribution in [0.1, 0.15) is 18.4 Å². The number of nitrogens with one attached hydrogen (secondary N) is 2. The fourth-order valence-electron chi connectivity index (χ4n) is 2.57. The fraction of sp³-hybridized carbons (Fsp3) is 0.588. The van der Waals surface area contributed by atoms with Crippen LogP contribution in [-0.4, -0.2) is 51.9 Å². The molecule has 6 heteroatoms. The SMILES string of the molecule is Cc1cc(Cl)ccc1OCCCC(=O)NCC[NH+]1CCOCC1. The number of quaternary nitrogens is 1. The van der Waals surface area contributed by atoms with Crippen LogP contribution in [0.5, 0.6) is 5.75 Å². The first-order valence-electron chi connectivity index (χ1n) is 8.22. The number of carbonyl (C=O) groups excluding carboxylic acids is 1. The number of amides is 1. The maximum absolute atomic E-state index is 11.8. The summed E-state index contributed by atoms with van der Waals surface area (Å²) in [4.78, 5) is 13.3. The Labute approximate surface area is 142 Å². The van der Waals surface area contributed by atoms with Gasteiger partial charge in [-0.3, -0.25) is 4.79 Å². The molecular formula is C17H26ClN2O3+. The Balaban J connectivity index is 1.54. The maximum Gasteiger partial charge on any atom is 0.220 e. The number of ether oxygens (including phenoxy) is 2. The number of hydrogen-bond donors (Lipinski definition) is 2. The highest BCUT2D eigenvalue weighted by molar-refractivity contribution is 6.30. The third kappa shape index (κ3) is 6.77. The van der Waals surface area contributed by atoms with Crippen LogP contribution in [0, 0.1) is 6.92 Å². The molecule has 1 amide bonds. The zero-order valence-corrected chi connectivity index (χ0v) is 14.5. The minimum atomic E-state index is 0.0917. The summed E-state index contributed by atoms with van der Waals surface area (Å²) in [6.07, 6.45) is 1.20. The van der Waals surface area contributed by atoms with Crippen molar-refractivity contribution in [3.05, 3.63) is 28.8 Å². The van der Waals surface area contributed by atoms with Crippen LogP contribution in [0.15, 0.2) is 18.2 Å². The average molecular weight is 342 g/mol. The Bertz CT molecular complexity index is 505. The molecule has 5 nitrogen and oxygen atoms in total. The molecule has 0 saturated carbocycles. The molecule has 1 aliphatic rings. The minimum Gasteiger partial charge on any atom is -0.493 e. The number of aryl methyl sites for hydroxylation is 1. The molecule has 0 aliphatic carbocycles. The molecule has 1 aromatic rings. The number of carbonyl (C=O) groups is 1. The van der Waals surface area contributed by atoms with Crippen LogP contribution in [0.2, 0.25) is 5.02 Å². The summed E-state index contributed by atoms with van der Waals surface area (Å²) in [7, 11) is 0. The lowest BCUT2D eigenvalue weighted by Gasteiger charge is -2.23. The molecular weight excluding hydrogens is 316 g/mol. The zero-order valence-electron chi connectivity index (χ0n) is 13.7. The maximum atomic E-state index is 11.8. The van der Waals surface area contributed by atoms with Crippen molar-refractivity contribution in [1.29, 1.82) is 0 Å². The number of rotatable bonds is 8. The first-order valence-corrected chi connectivity index (χ1v) is 8.60. The number of hydrogen-bond acceptors (Lipinski definition) is 3. The van der Waals surface area contributed by atoms with Gasteiger partial charge in [0.1, 0.15) is 18.8 Å². The Morgan fingerprint density at radius 1 is 1.39 bits per heavy atom. The summed E-state index contributed by atoms with van der Waals surface area (Å²) in [6, 6.07) is 5.55. The average Bonchev–Trinajstić information content (AvgIpc) is 2.54. The molecule has 1 saturated heterocycles. The van der Waals surface area contributed by atoms with E-state index in [1.165, 1.54) is 4.90 Å². The molecule has 0 aromatic heterocycles. The zero-order chi connectivity index (χ0) is 16.5. The second-order valence-electron chi connectivity index (χ2n) is 5.82. The van der Waals surface area contributed by atoms with Crippen molar-refractivity contribution in [1.82, 2.24) is 5.32 Å². The molecule has 0 bridgehead atoms. The lowest BCUT2D eigenvalue weighted by Crippen LogP contribution is -3.14. The lowest BCUT2D eigenvalue weighted by molar-refractivity contribution is -0.906. The van der Waals surface area contributed by atoms with Gasteiger partial charge in [-0.05, 0) is 37.1 Å². The molecule has 128 valence electrons. The molecule has 2 rings (SSSR count). The van der Waals surface area contributed by atoms with Crippen LogP contribution in [0.3, 0.4) is 0 Å². The van der Waals surface area contributed by atoms with Crippen molar-refractivity contribution >= 4 is 17.5 Å². The van der Waals surface area contributed by atoms with E-state index in [2.05, 4.69) is 5.32 Å². The van der Waals surface area contributed by atoms with Crippen LogP contribution in [0.25, 0.3) is 0 Å². The van der Waals surface area contributed by atoms with Gasteiger partial charge in [-0.15, -0.1) is 0 Å². The van der Waals surface area contributed by atoms with E-state index in [1.54, 1.807) is 0 Å². The molecule has 2 N–H and O–H groups in total. The van der Waals surface area contributed by atoms with Crippen molar-refractivity contribution in [2.24, 2.45) is 0 Å².